The molecule has 1 aromatic carbocycles. The molecule has 184 valence electrons. The third-order valence-corrected chi connectivity index (χ3v) is 8.67. The van der Waals surface area contributed by atoms with Gasteiger partial charge < -0.3 is 15.6 Å². The van der Waals surface area contributed by atoms with E-state index in [1.165, 1.54) is 15.6 Å². The number of hydrogen-bond donors (Lipinski definition) is 3. The van der Waals surface area contributed by atoms with Crippen LogP contribution in [0, 0.1) is 13.8 Å². The Morgan fingerprint density at radius 3 is 2.59 bits per heavy atom. The van der Waals surface area contributed by atoms with Crippen LogP contribution in [0.3, 0.4) is 0 Å². The van der Waals surface area contributed by atoms with Crippen LogP contribution in [0.5, 0.6) is 5.75 Å². The number of thiophene rings is 1. The predicted octanol–water partition coefficient (Wildman–Crippen LogP) is 2.83. The minimum Gasteiger partial charge on any atom is -0.406 e. The summed E-state index contributed by atoms with van der Waals surface area (Å²) in [5.74, 6) is -0.508. The number of nitrogen functional groups attached to an aromatic ring is 1. The first kappa shape index (κ1) is 24.6. The molecule has 4 N–H and O–H groups in total. The molecule has 4 rings (SSSR count). The van der Waals surface area contributed by atoms with E-state index in [0.717, 1.165) is 40.9 Å². The molecule has 2 atom stereocenters. The van der Waals surface area contributed by atoms with E-state index in [1.54, 1.807) is 0 Å². The number of benzene rings is 1. The van der Waals surface area contributed by atoms with Crippen LogP contribution in [0.15, 0.2) is 29.2 Å². The van der Waals surface area contributed by atoms with Gasteiger partial charge in [0.2, 0.25) is 10.0 Å². The molecule has 0 saturated carbocycles. The average molecular weight is 518 g/mol. The maximum Gasteiger partial charge on any atom is 0.573 e. The average Bonchev–Trinajstić information content (AvgIpc) is 3.35. The van der Waals surface area contributed by atoms with E-state index < -0.39 is 28.4 Å². The summed E-state index contributed by atoms with van der Waals surface area (Å²) >= 11 is 1.21. The molecule has 1 aliphatic rings. The second-order valence-electron chi connectivity index (χ2n) is 7.91. The molecule has 0 radical (unpaired) electrons. The minimum absolute atomic E-state index is 0.0724. The summed E-state index contributed by atoms with van der Waals surface area (Å²) in [5.41, 5.74) is 8.28. The van der Waals surface area contributed by atoms with Gasteiger partial charge in [0.05, 0.1) is 21.2 Å². The number of rotatable bonds is 6. The molecule has 3 aromatic rings. The number of aliphatic hydroxyl groups is 1. The minimum atomic E-state index is -4.86. The smallest absolute Gasteiger partial charge is 0.406 e. The van der Waals surface area contributed by atoms with Gasteiger partial charge >= 0.3 is 6.36 Å². The molecule has 0 spiro atoms. The molecule has 0 bridgehead atoms. The van der Waals surface area contributed by atoms with Gasteiger partial charge in [-0.15, -0.1) is 29.6 Å². The second kappa shape index (κ2) is 8.92. The number of nitrogens with zero attached hydrogens (tertiary/aromatic N) is 3. The Labute approximate surface area is 197 Å². The molecule has 0 amide bonds. The molecule has 1 saturated heterocycles. The highest BCUT2D eigenvalue weighted by Crippen LogP contribution is 2.38. The first-order chi connectivity index (χ1) is 15.9. The molecule has 0 aliphatic carbocycles. The zero-order valence-corrected chi connectivity index (χ0v) is 19.8. The van der Waals surface area contributed by atoms with E-state index in [-0.39, 0.29) is 24.0 Å². The lowest BCUT2D eigenvalue weighted by atomic mass is 10.1. The SMILES string of the molecule is Cc1nnc2sc(C(O)NC3CCN(S(=O)(=O)c4ccc(OC(F)(F)F)cc4)C3)c(N)c2c1C. The Balaban J connectivity index is 1.45. The molecular weight excluding hydrogens is 495 g/mol. The van der Waals surface area contributed by atoms with Crippen molar-refractivity contribution in [1.29, 1.82) is 0 Å². The van der Waals surface area contributed by atoms with E-state index >= 15 is 0 Å². The number of nitrogens with one attached hydrogen (secondary N) is 1. The molecule has 1 fully saturated rings. The summed E-state index contributed by atoms with van der Waals surface area (Å²) in [6, 6.07) is 3.67. The Kier molecular flexibility index (Phi) is 6.46. The van der Waals surface area contributed by atoms with Crippen molar-refractivity contribution in [2.24, 2.45) is 0 Å². The van der Waals surface area contributed by atoms with Crippen molar-refractivity contribution in [2.45, 2.75) is 43.8 Å². The number of aryl methyl sites for hydroxylation is 2. The summed E-state index contributed by atoms with van der Waals surface area (Å²) in [6.07, 6.45) is -5.57. The third kappa shape index (κ3) is 4.81. The lowest BCUT2D eigenvalue weighted by Gasteiger charge is -2.20. The highest BCUT2D eigenvalue weighted by Gasteiger charge is 2.35. The number of ether oxygens (including phenoxy) is 1. The highest BCUT2D eigenvalue weighted by atomic mass is 32.2. The Bertz CT molecular complexity index is 1310. The number of fused-ring (bicyclic) bond motifs is 1. The standard InChI is InChI=1S/C20H22F3N5O4S2/c1-10-11(2)26-27-19-15(10)16(24)17(33-19)18(29)25-12-7-8-28(9-12)34(30,31)14-5-3-13(4-6-14)32-20(21,22)23/h3-6,12,18,25,29H,7-9,24H2,1-2H3. The van der Waals surface area contributed by atoms with Gasteiger partial charge in [0.15, 0.2) is 0 Å². The second-order valence-corrected chi connectivity index (χ2v) is 10.9. The summed E-state index contributed by atoms with van der Waals surface area (Å²) in [5, 5.41) is 22.7. The van der Waals surface area contributed by atoms with Gasteiger partial charge in [-0.2, -0.15) is 9.40 Å². The molecular formula is C20H22F3N5O4S2. The van der Waals surface area contributed by atoms with Crippen LogP contribution in [0.2, 0.25) is 0 Å². The van der Waals surface area contributed by atoms with Gasteiger partial charge in [0.25, 0.3) is 0 Å². The quantitative estimate of drug-likeness (QED) is 0.426. The molecule has 34 heavy (non-hydrogen) atoms. The van der Waals surface area contributed by atoms with Gasteiger partial charge in [-0.05, 0) is 50.1 Å². The maximum absolute atomic E-state index is 12.9. The third-order valence-electron chi connectivity index (χ3n) is 5.65. The fraction of sp³-hybridized carbons (Fsp3) is 0.400. The Hall–Kier alpha value is -2.52. The zero-order chi connectivity index (χ0) is 24.8. The van der Waals surface area contributed by atoms with Crippen molar-refractivity contribution in [3.05, 3.63) is 40.4 Å². The van der Waals surface area contributed by atoms with Gasteiger partial charge in [-0.3, -0.25) is 5.32 Å². The first-order valence-electron chi connectivity index (χ1n) is 10.2. The van der Waals surface area contributed by atoms with Gasteiger partial charge in [-0.25, -0.2) is 8.42 Å². The lowest BCUT2D eigenvalue weighted by Crippen LogP contribution is -2.37. The number of hydrogen-bond acceptors (Lipinski definition) is 9. The zero-order valence-electron chi connectivity index (χ0n) is 18.1. The van der Waals surface area contributed by atoms with Gasteiger partial charge in [0, 0.05) is 24.5 Å². The number of halogens is 3. The topological polar surface area (TPSA) is 131 Å². The van der Waals surface area contributed by atoms with Crippen LogP contribution >= 0.6 is 11.3 Å². The molecule has 9 nitrogen and oxygen atoms in total. The predicted molar refractivity (Wildman–Crippen MR) is 120 cm³/mol. The van der Waals surface area contributed by atoms with E-state index in [0.29, 0.717) is 21.8 Å². The van der Waals surface area contributed by atoms with Crippen molar-refractivity contribution in [1.82, 2.24) is 19.8 Å². The van der Waals surface area contributed by atoms with Crippen molar-refractivity contribution in [3.8, 4) is 5.75 Å². The number of aromatic nitrogens is 2. The number of aliphatic hydroxyl groups excluding tert-OH is 1. The van der Waals surface area contributed by atoms with Crippen LogP contribution in [-0.2, 0) is 10.0 Å². The summed E-state index contributed by atoms with van der Waals surface area (Å²) in [4.78, 5) is 0.922. The molecule has 1 aliphatic heterocycles. The van der Waals surface area contributed by atoms with Crippen molar-refractivity contribution >= 4 is 37.3 Å². The van der Waals surface area contributed by atoms with E-state index in [1.807, 2.05) is 13.8 Å². The molecule has 2 unspecified atom stereocenters. The van der Waals surface area contributed by atoms with E-state index in [2.05, 4.69) is 20.3 Å². The monoisotopic (exact) mass is 517 g/mol. The van der Waals surface area contributed by atoms with Crippen LogP contribution in [0.25, 0.3) is 10.2 Å². The normalized spacial score (nSPS) is 18.5. The fourth-order valence-electron chi connectivity index (χ4n) is 3.80. The number of anilines is 1. The van der Waals surface area contributed by atoms with E-state index in [9.17, 15) is 26.7 Å². The molecule has 2 aromatic heterocycles. The Morgan fingerprint density at radius 2 is 1.94 bits per heavy atom. The molecule has 14 heteroatoms. The van der Waals surface area contributed by atoms with Crippen molar-refractivity contribution in [3.63, 3.8) is 0 Å². The summed E-state index contributed by atoms with van der Waals surface area (Å²) in [6.45, 7) is 3.94. The van der Waals surface area contributed by atoms with Crippen LogP contribution in [-0.4, -0.2) is 53.5 Å². The van der Waals surface area contributed by atoms with Crippen LogP contribution < -0.4 is 15.8 Å². The summed E-state index contributed by atoms with van der Waals surface area (Å²) < 4.78 is 67.8. The van der Waals surface area contributed by atoms with E-state index in [4.69, 9.17) is 5.73 Å². The highest BCUT2D eigenvalue weighted by molar-refractivity contribution is 7.89. The number of nitrogens with two attached hydrogens (primary N) is 1. The van der Waals surface area contributed by atoms with Crippen molar-refractivity contribution < 1.29 is 31.4 Å². The van der Waals surface area contributed by atoms with Gasteiger partial charge in [0.1, 0.15) is 16.8 Å². The lowest BCUT2D eigenvalue weighted by molar-refractivity contribution is -0.274. The largest absolute Gasteiger partial charge is 0.573 e. The van der Waals surface area contributed by atoms with Crippen molar-refractivity contribution in [2.75, 3.05) is 18.8 Å². The van der Waals surface area contributed by atoms with Crippen LogP contribution in [0.4, 0.5) is 18.9 Å². The number of sulfonamides is 1. The fourth-order valence-corrected chi connectivity index (χ4v) is 6.35. The van der Waals surface area contributed by atoms with Crippen LogP contribution in [0.1, 0.15) is 28.8 Å². The maximum atomic E-state index is 12.9. The number of alkyl halides is 3. The first-order valence-corrected chi connectivity index (χ1v) is 12.4. The summed E-state index contributed by atoms with van der Waals surface area (Å²) in [7, 11) is -3.94. The Morgan fingerprint density at radius 1 is 1.26 bits per heavy atom. The molecule has 3 heterocycles. The van der Waals surface area contributed by atoms with Gasteiger partial charge in [-0.1, -0.05) is 0 Å².